The van der Waals surface area contributed by atoms with Crippen molar-refractivity contribution in [2.45, 2.75) is 12.5 Å². The van der Waals surface area contributed by atoms with E-state index in [0.29, 0.717) is 17.1 Å². The molecule has 2 aromatic rings. The lowest BCUT2D eigenvalue weighted by molar-refractivity contribution is 0.0585. The van der Waals surface area contributed by atoms with E-state index >= 15 is 0 Å². The number of benzene rings is 1. The van der Waals surface area contributed by atoms with Crippen LogP contribution in [0.15, 0.2) is 35.1 Å². The minimum Gasteiger partial charge on any atom is -0.336 e. The van der Waals surface area contributed by atoms with Crippen molar-refractivity contribution in [2.75, 3.05) is 39.3 Å². The average molecular weight is 326 g/mol. The van der Waals surface area contributed by atoms with Crippen LogP contribution in [0.2, 0.25) is 0 Å². The maximum atomic E-state index is 12.9. The molecule has 0 aliphatic carbocycles. The lowest BCUT2D eigenvalue weighted by Gasteiger charge is -2.37. The molecule has 4 rings (SSSR count). The smallest absolute Gasteiger partial charge is 0.254 e. The van der Waals surface area contributed by atoms with Crippen LogP contribution in [0.5, 0.6) is 0 Å². The van der Waals surface area contributed by atoms with Gasteiger partial charge in [-0.1, -0.05) is 18.2 Å². The molecule has 0 radical (unpaired) electrons. The molecule has 3 heterocycles. The number of aromatic nitrogens is 1. The molecule has 0 spiro atoms. The van der Waals surface area contributed by atoms with Gasteiger partial charge in [-0.15, -0.1) is 0 Å². The number of H-pyrrole nitrogens is 1. The zero-order valence-corrected chi connectivity index (χ0v) is 13.6. The van der Waals surface area contributed by atoms with E-state index in [2.05, 4.69) is 15.2 Å². The van der Waals surface area contributed by atoms with Crippen molar-refractivity contribution in [3.05, 3.63) is 46.2 Å². The number of nitrogens with one attached hydrogen (secondary N) is 2. The Bertz CT molecular complexity index is 802. The minimum absolute atomic E-state index is 0.0403. The van der Waals surface area contributed by atoms with E-state index in [1.54, 1.807) is 0 Å². The van der Waals surface area contributed by atoms with Crippen LogP contribution in [0.25, 0.3) is 10.9 Å². The molecule has 0 saturated carbocycles. The van der Waals surface area contributed by atoms with Gasteiger partial charge in [-0.25, -0.2) is 0 Å². The number of para-hydroxylation sites is 1. The Balaban J connectivity index is 1.54. The molecule has 2 aliphatic heterocycles. The fourth-order valence-corrected chi connectivity index (χ4v) is 3.79. The highest BCUT2D eigenvalue weighted by Gasteiger charge is 2.28. The van der Waals surface area contributed by atoms with Gasteiger partial charge in [-0.2, -0.15) is 0 Å². The average Bonchev–Trinajstić information content (AvgIpc) is 3.15. The summed E-state index contributed by atoms with van der Waals surface area (Å²) in [4.78, 5) is 31.9. The molecule has 2 saturated heterocycles. The first kappa shape index (κ1) is 15.4. The van der Waals surface area contributed by atoms with Gasteiger partial charge >= 0.3 is 0 Å². The summed E-state index contributed by atoms with van der Waals surface area (Å²) in [6, 6.07) is 9.50. The van der Waals surface area contributed by atoms with Crippen molar-refractivity contribution in [3.8, 4) is 0 Å². The number of carbonyl (C=O) groups excluding carboxylic acids is 1. The van der Waals surface area contributed by atoms with Crippen molar-refractivity contribution in [3.63, 3.8) is 0 Å². The largest absolute Gasteiger partial charge is 0.336 e. The number of hydrogen-bond acceptors (Lipinski definition) is 4. The third-order valence-corrected chi connectivity index (χ3v) is 5.13. The van der Waals surface area contributed by atoms with Crippen LogP contribution in [-0.4, -0.2) is 66.0 Å². The van der Waals surface area contributed by atoms with Crippen LogP contribution in [0.1, 0.15) is 16.8 Å². The SMILES string of the molecule is O=C(c1cc(=O)[nH]c2ccccc12)N1CCN(C2CCNC2)CC1. The number of nitrogens with zero attached hydrogens (tertiary/aromatic N) is 2. The number of fused-ring (bicyclic) bond motifs is 1. The number of pyridine rings is 1. The predicted molar refractivity (Wildman–Crippen MR) is 93.3 cm³/mol. The van der Waals surface area contributed by atoms with Crippen LogP contribution in [0.4, 0.5) is 0 Å². The molecule has 24 heavy (non-hydrogen) atoms. The van der Waals surface area contributed by atoms with E-state index in [4.69, 9.17) is 0 Å². The van der Waals surface area contributed by atoms with Crippen molar-refractivity contribution in [2.24, 2.45) is 0 Å². The summed E-state index contributed by atoms with van der Waals surface area (Å²) >= 11 is 0. The monoisotopic (exact) mass is 326 g/mol. The Morgan fingerprint density at radius 1 is 1.12 bits per heavy atom. The molecule has 6 nitrogen and oxygen atoms in total. The van der Waals surface area contributed by atoms with Crippen LogP contribution in [0.3, 0.4) is 0 Å². The predicted octanol–water partition coefficient (Wildman–Crippen LogP) is 0.648. The molecule has 6 heteroatoms. The van der Waals surface area contributed by atoms with Gasteiger partial charge in [0.2, 0.25) is 5.56 Å². The molecule has 1 aromatic carbocycles. The number of hydrogen-bond donors (Lipinski definition) is 2. The summed E-state index contributed by atoms with van der Waals surface area (Å²) in [5.41, 5.74) is 0.988. The number of rotatable bonds is 2. The van der Waals surface area contributed by atoms with Gasteiger partial charge in [0.1, 0.15) is 0 Å². The van der Waals surface area contributed by atoms with Crippen molar-refractivity contribution >= 4 is 16.8 Å². The number of amides is 1. The van der Waals surface area contributed by atoms with Crippen LogP contribution in [-0.2, 0) is 0 Å². The van der Waals surface area contributed by atoms with Crippen LogP contribution in [0, 0.1) is 0 Å². The maximum Gasteiger partial charge on any atom is 0.254 e. The summed E-state index contributed by atoms with van der Waals surface area (Å²) < 4.78 is 0. The van der Waals surface area contributed by atoms with Gasteiger partial charge in [-0.05, 0) is 19.0 Å². The lowest BCUT2D eigenvalue weighted by Crippen LogP contribution is -2.52. The van der Waals surface area contributed by atoms with E-state index in [1.165, 1.54) is 12.5 Å². The highest BCUT2D eigenvalue weighted by atomic mass is 16.2. The summed E-state index contributed by atoms with van der Waals surface area (Å²) in [6.07, 6.45) is 1.19. The molecular weight excluding hydrogens is 304 g/mol. The van der Waals surface area contributed by atoms with Crippen molar-refractivity contribution < 1.29 is 4.79 Å². The highest BCUT2D eigenvalue weighted by Crippen LogP contribution is 2.18. The molecule has 1 unspecified atom stereocenters. The fraction of sp³-hybridized carbons (Fsp3) is 0.444. The Morgan fingerprint density at radius 3 is 2.67 bits per heavy atom. The second kappa shape index (κ2) is 6.37. The van der Waals surface area contributed by atoms with E-state index in [9.17, 15) is 9.59 Å². The molecule has 0 bridgehead atoms. The molecule has 2 aliphatic rings. The summed E-state index contributed by atoms with van der Waals surface area (Å²) in [6.45, 7) is 5.38. The Hall–Kier alpha value is -2.18. The topological polar surface area (TPSA) is 68.4 Å². The molecule has 1 aromatic heterocycles. The molecule has 126 valence electrons. The molecule has 1 amide bonds. The second-order valence-corrected chi connectivity index (χ2v) is 6.57. The van der Waals surface area contributed by atoms with E-state index in [-0.39, 0.29) is 11.5 Å². The summed E-state index contributed by atoms with van der Waals surface area (Å²) in [7, 11) is 0. The zero-order chi connectivity index (χ0) is 16.5. The van der Waals surface area contributed by atoms with Gasteiger partial charge in [0.05, 0.1) is 5.56 Å². The Morgan fingerprint density at radius 2 is 1.92 bits per heavy atom. The number of piperazine rings is 1. The Kier molecular flexibility index (Phi) is 4.08. The second-order valence-electron chi connectivity index (χ2n) is 6.57. The van der Waals surface area contributed by atoms with Gasteiger partial charge in [0, 0.05) is 55.7 Å². The summed E-state index contributed by atoms with van der Waals surface area (Å²) in [5, 5.41) is 4.21. The number of carbonyl (C=O) groups is 1. The lowest BCUT2D eigenvalue weighted by atomic mass is 10.1. The van der Waals surface area contributed by atoms with Gasteiger partial charge in [0.25, 0.3) is 5.91 Å². The molecule has 2 fully saturated rings. The molecule has 1 atom stereocenters. The zero-order valence-electron chi connectivity index (χ0n) is 13.6. The third-order valence-electron chi connectivity index (χ3n) is 5.13. The highest BCUT2D eigenvalue weighted by molar-refractivity contribution is 6.05. The fourth-order valence-electron chi connectivity index (χ4n) is 3.79. The summed E-state index contributed by atoms with van der Waals surface area (Å²) in [5.74, 6) is -0.0403. The Labute approximate surface area is 140 Å². The standard InChI is InChI=1S/C18H22N4O2/c23-17-11-15(14-3-1-2-4-16(14)20-17)18(24)22-9-7-21(8-10-22)13-5-6-19-12-13/h1-4,11,13,19H,5-10,12H2,(H,20,23). The van der Waals surface area contributed by atoms with E-state index in [1.807, 2.05) is 29.2 Å². The third kappa shape index (κ3) is 2.83. The van der Waals surface area contributed by atoms with Crippen molar-refractivity contribution in [1.29, 1.82) is 0 Å². The first-order valence-electron chi connectivity index (χ1n) is 8.58. The van der Waals surface area contributed by atoms with Crippen LogP contribution < -0.4 is 10.9 Å². The minimum atomic E-state index is -0.229. The van der Waals surface area contributed by atoms with Crippen LogP contribution >= 0.6 is 0 Å². The van der Waals surface area contributed by atoms with Gasteiger partial charge < -0.3 is 15.2 Å². The van der Waals surface area contributed by atoms with Gasteiger partial charge in [0.15, 0.2) is 0 Å². The first-order valence-corrected chi connectivity index (χ1v) is 8.58. The first-order chi connectivity index (χ1) is 11.7. The normalized spacial score (nSPS) is 22.2. The quantitative estimate of drug-likeness (QED) is 0.850. The van der Waals surface area contributed by atoms with Gasteiger partial charge in [-0.3, -0.25) is 14.5 Å². The number of aromatic amines is 1. The molecule has 2 N–H and O–H groups in total. The maximum absolute atomic E-state index is 12.9. The van der Waals surface area contributed by atoms with E-state index < -0.39 is 0 Å². The van der Waals surface area contributed by atoms with Crippen molar-refractivity contribution in [1.82, 2.24) is 20.1 Å². The van der Waals surface area contributed by atoms with E-state index in [0.717, 1.165) is 44.7 Å². The molecular formula is C18H22N4O2.